The molecule has 0 fully saturated rings. The second kappa shape index (κ2) is 10.2. The van der Waals surface area contributed by atoms with Gasteiger partial charge >= 0.3 is 0 Å². The number of fused-ring (bicyclic) bond motifs is 2. The number of para-hydroxylation sites is 2. The first-order valence-corrected chi connectivity index (χ1v) is 13.5. The molecule has 1 aromatic heterocycles. The van der Waals surface area contributed by atoms with Crippen LogP contribution >= 0.6 is 0 Å². The molecule has 0 amide bonds. The zero-order valence-corrected chi connectivity index (χ0v) is 23.0. The first-order chi connectivity index (χ1) is 19.0. The molecule has 2 aliphatic carbocycles. The number of nitrogens with zero attached hydrogens (tertiary/aromatic N) is 2. The number of hydrogen-bond acceptors (Lipinski definition) is 0. The maximum Gasteiger partial charge on any atom is 0.211 e. The molecule has 0 saturated heterocycles. The summed E-state index contributed by atoms with van der Waals surface area (Å²) in [5.41, 5.74) is 15.0. The largest absolute Gasteiger partial charge is 0.317 e. The van der Waals surface area contributed by atoms with E-state index >= 15 is 0 Å². The molecule has 0 unspecified atom stereocenters. The van der Waals surface area contributed by atoms with Crippen LogP contribution in [0.2, 0.25) is 0 Å². The lowest BCUT2D eigenvalue weighted by atomic mass is 10.1. The summed E-state index contributed by atoms with van der Waals surface area (Å²) < 4.78 is 4.69. The predicted molar refractivity (Wildman–Crippen MR) is 164 cm³/mol. The van der Waals surface area contributed by atoms with E-state index in [-0.39, 0.29) is 0 Å². The summed E-state index contributed by atoms with van der Waals surface area (Å²) in [6, 6.07) is 30.1. The number of allylic oxidation sites excluding steroid dienone is 5. The molecular weight excluding hydrogens is 472 g/mol. The van der Waals surface area contributed by atoms with Crippen LogP contribution in [0.5, 0.6) is 0 Å². The minimum Gasteiger partial charge on any atom is -0.317 e. The lowest BCUT2D eigenvalue weighted by molar-refractivity contribution is -0.604. The smallest absolute Gasteiger partial charge is 0.211 e. The van der Waals surface area contributed by atoms with Gasteiger partial charge in [-0.3, -0.25) is 0 Å². The van der Waals surface area contributed by atoms with E-state index < -0.39 is 0 Å². The van der Waals surface area contributed by atoms with E-state index in [1.165, 1.54) is 67.5 Å². The van der Waals surface area contributed by atoms with Crippen molar-refractivity contribution in [3.8, 4) is 22.5 Å². The van der Waals surface area contributed by atoms with Crippen LogP contribution in [0, 0.1) is 27.7 Å². The molecule has 0 saturated carbocycles. The monoisotopic (exact) mass is 505 g/mol. The fraction of sp³-hybridized carbons (Fsp3) is 0.108. The Kier molecular flexibility index (Phi) is 6.46. The minimum absolute atomic E-state index is 1.18. The maximum atomic E-state index is 2.35. The molecule has 0 atom stereocenters. The molecule has 2 nitrogen and oxygen atoms in total. The Bertz CT molecular complexity index is 1680. The van der Waals surface area contributed by atoms with Gasteiger partial charge in [0.15, 0.2) is 11.4 Å². The molecule has 0 N–H and O–H groups in total. The molecule has 6 rings (SSSR count). The van der Waals surface area contributed by atoms with Gasteiger partial charge in [0.1, 0.15) is 0 Å². The van der Waals surface area contributed by atoms with Gasteiger partial charge in [-0.2, -0.15) is 4.57 Å². The minimum atomic E-state index is 1.18. The number of hydrogen-bond donors (Lipinski definition) is 0. The van der Waals surface area contributed by atoms with Crippen molar-refractivity contribution in [2.45, 2.75) is 27.7 Å². The van der Waals surface area contributed by atoms with E-state index in [1.54, 1.807) is 0 Å². The Hall–Kier alpha value is -4.69. The van der Waals surface area contributed by atoms with Crippen molar-refractivity contribution in [3.63, 3.8) is 0 Å². The van der Waals surface area contributed by atoms with E-state index in [9.17, 15) is 0 Å². The van der Waals surface area contributed by atoms with Gasteiger partial charge in [-0.1, -0.05) is 91.1 Å². The highest BCUT2D eigenvalue weighted by Gasteiger charge is 2.26. The summed E-state index contributed by atoms with van der Waals surface area (Å²) in [5, 5.41) is 0. The van der Waals surface area contributed by atoms with Gasteiger partial charge in [0, 0.05) is 54.2 Å². The van der Waals surface area contributed by atoms with Gasteiger partial charge < -0.3 is 4.57 Å². The average Bonchev–Trinajstić information content (AvgIpc) is 3.16. The Morgan fingerprint density at radius 3 is 1.69 bits per heavy atom. The highest BCUT2D eigenvalue weighted by molar-refractivity contribution is 5.77. The lowest BCUT2D eigenvalue weighted by Gasteiger charge is -2.09. The standard InChI is InChI=1S/C37H33N2/c1-26-34-22-18-30(19-23-35(34)27(2)38(26)32-14-7-5-8-15-32)12-11-13-31-20-24-36-28(3)39(29(4)37(36)25-21-31)33-16-9-6-10-17-33/h5-25H,1-4H3/q+1. The van der Waals surface area contributed by atoms with Gasteiger partial charge in [-0.05, 0) is 49.2 Å². The van der Waals surface area contributed by atoms with E-state index in [1.807, 2.05) is 0 Å². The molecule has 2 heterocycles. The topological polar surface area (TPSA) is 8.81 Å². The van der Waals surface area contributed by atoms with Crippen LogP contribution in [0.25, 0.3) is 40.7 Å². The summed E-state index contributed by atoms with van der Waals surface area (Å²) in [6.45, 7) is 8.82. The van der Waals surface area contributed by atoms with E-state index in [0.29, 0.717) is 0 Å². The average molecular weight is 506 g/mol. The zero-order chi connectivity index (χ0) is 26.9. The molecule has 3 aliphatic rings. The van der Waals surface area contributed by atoms with Crippen molar-refractivity contribution in [1.82, 2.24) is 4.57 Å². The Balaban J connectivity index is 1.26. The van der Waals surface area contributed by atoms with Gasteiger partial charge in [0.2, 0.25) is 5.69 Å². The second-order valence-electron chi connectivity index (χ2n) is 10.2. The Morgan fingerprint density at radius 1 is 0.590 bits per heavy atom. The summed E-state index contributed by atoms with van der Waals surface area (Å²) in [7, 11) is 0. The summed E-state index contributed by atoms with van der Waals surface area (Å²) in [5.74, 6) is 0. The van der Waals surface area contributed by atoms with Crippen molar-refractivity contribution < 1.29 is 4.57 Å². The Morgan fingerprint density at radius 2 is 1.13 bits per heavy atom. The fourth-order valence-electron chi connectivity index (χ4n) is 5.86. The molecule has 3 aromatic rings. The van der Waals surface area contributed by atoms with Crippen LogP contribution in [0.4, 0.5) is 0 Å². The number of aromatic nitrogens is 2. The van der Waals surface area contributed by atoms with Crippen molar-refractivity contribution in [2.75, 3.05) is 0 Å². The van der Waals surface area contributed by atoms with E-state index in [0.717, 1.165) is 0 Å². The normalized spacial score (nSPS) is 12.8. The van der Waals surface area contributed by atoms with E-state index in [4.69, 9.17) is 0 Å². The summed E-state index contributed by atoms with van der Waals surface area (Å²) in [6.07, 6.45) is 15.4. The molecule has 0 bridgehead atoms. The molecule has 2 heteroatoms. The molecule has 0 radical (unpaired) electrons. The molecular formula is C37H33N2+. The van der Waals surface area contributed by atoms with Crippen LogP contribution in [0.1, 0.15) is 39.5 Å². The van der Waals surface area contributed by atoms with Crippen LogP contribution in [-0.4, -0.2) is 4.57 Å². The third kappa shape index (κ3) is 4.49. The second-order valence-corrected chi connectivity index (χ2v) is 10.2. The highest BCUT2D eigenvalue weighted by Crippen LogP contribution is 2.31. The zero-order valence-electron chi connectivity index (χ0n) is 23.0. The quantitative estimate of drug-likeness (QED) is 0.216. The molecule has 1 aliphatic heterocycles. The molecule has 190 valence electrons. The molecule has 0 spiro atoms. The fourth-order valence-corrected chi connectivity index (χ4v) is 5.86. The van der Waals surface area contributed by atoms with Crippen LogP contribution in [0.3, 0.4) is 0 Å². The highest BCUT2D eigenvalue weighted by atomic mass is 15.0. The van der Waals surface area contributed by atoms with Crippen LogP contribution < -0.4 is 4.57 Å². The first-order valence-electron chi connectivity index (χ1n) is 13.5. The lowest BCUT2D eigenvalue weighted by Crippen LogP contribution is -2.34. The van der Waals surface area contributed by atoms with Gasteiger partial charge in [-0.15, -0.1) is 0 Å². The maximum absolute atomic E-state index is 2.35. The summed E-state index contributed by atoms with van der Waals surface area (Å²) >= 11 is 0. The number of benzene rings is 2. The van der Waals surface area contributed by atoms with Crippen LogP contribution in [0.15, 0.2) is 115 Å². The molecule has 39 heavy (non-hydrogen) atoms. The Labute approximate surface area is 231 Å². The van der Waals surface area contributed by atoms with E-state index in [2.05, 4.69) is 164 Å². The third-order valence-electron chi connectivity index (χ3n) is 7.86. The van der Waals surface area contributed by atoms with Crippen molar-refractivity contribution in [3.05, 3.63) is 154 Å². The van der Waals surface area contributed by atoms with Crippen LogP contribution in [-0.2, 0) is 0 Å². The van der Waals surface area contributed by atoms with Gasteiger partial charge in [0.25, 0.3) is 0 Å². The molecule has 2 aromatic carbocycles. The van der Waals surface area contributed by atoms with Gasteiger partial charge in [-0.25, -0.2) is 0 Å². The predicted octanol–water partition coefficient (Wildman–Crippen LogP) is 8.77. The number of rotatable bonds is 4. The van der Waals surface area contributed by atoms with Crippen molar-refractivity contribution >= 4 is 18.2 Å². The first kappa shape index (κ1) is 24.6. The van der Waals surface area contributed by atoms with Crippen molar-refractivity contribution in [2.24, 2.45) is 0 Å². The third-order valence-corrected chi connectivity index (χ3v) is 7.86. The van der Waals surface area contributed by atoms with Crippen molar-refractivity contribution in [1.29, 1.82) is 0 Å². The summed E-state index contributed by atoms with van der Waals surface area (Å²) in [4.78, 5) is 0. The SMILES string of the molecule is Cc1c2c(c(C)n1-c1ccccc1)C=CC(=C/C=C/c1ccc3c(C)[n+](-c4ccccc4)c(C)c-3cc1)C=C2. The van der Waals surface area contributed by atoms with Gasteiger partial charge in [0.05, 0.1) is 11.1 Å².